The largest absolute Gasteiger partial charge is 0.380 e. The predicted octanol–water partition coefficient (Wildman–Crippen LogP) is 0.974. The van der Waals surface area contributed by atoms with E-state index >= 15 is 0 Å². The summed E-state index contributed by atoms with van der Waals surface area (Å²) in [7, 11) is 0. The van der Waals surface area contributed by atoms with Crippen LogP contribution in [0.3, 0.4) is 0 Å². The lowest BCUT2D eigenvalue weighted by Gasteiger charge is -2.13. The molecule has 0 saturated heterocycles. The number of hydrogen-bond donors (Lipinski definition) is 0. The highest BCUT2D eigenvalue weighted by Gasteiger charge is 2.22. The van der Waals surface area contributed by atoms with Crippen LogP contribution in [-0.2, 0) is 14.3 Å². The van der Waals surface area contributed by atoms with Gasteiger partial charge in [0.2, 0.25) is 0 Å². The molecule has 2 amide bonds. The fourth-order valence-corrected chi connectivity index (χ4v) is 1.23. The molecule has 1 aliphatic heterocycles. The standard InChI is InChI=1S/C11H17NO3/c1-9(2)5-7-15-8-6-12-10(13)3-4-11(12)14/h3-4,9H,5-8H2,1-2H3. The van der Waals surface area contributed by atoms with Gasteiger partial charge in [-0.2, -0.15) is 0 Å². The van der Waals surface area contributed by atoms with Crippen LogP contribution >= 0.6 is 0 Å². The van der Waals surface area contributed by atoms with E-state index in [4.69, 9.17) is 4.74 Å². The molecule has 1 aliphatic rings. The molecule has 0 fully saturated rings. The molecule has 0 N–H and O–H groups in total. The van der Waals surface area contributed by atoms with Crippen molar-refractivity contribution < 1.29 is 14.3 Å². The Hall–Kier alpha value is -1.16. The molecule has 1 heterocycles. The van der Waals surface area contributed by atoms with Gasteiger partial charge in [-0.1, -0.05) is 13.8 Å². The average molecular weight is 211 g/mol. The quantitative estimate of drug-likeness (QED) is 0.486. The van der Waals surface area contributed by atoms with Gasteiger partial charge in [-0.05, 0) is 12.3 Å². The van der Waals surface area contributed by atoms with Gasteiger partial charge in [0.25, 0.3) is 11.8 Å². The fourth-order valence-electron chi connectivity index (χ4n) is 1.23. The zero-order valence-corrected chi connectivity index (χ0v) is 9.23. The smallest absolute Gasteiger partial charge is 0.253 e. The lowest BCUT2D eigenvalue weighted by Crippen LogP contribution is -2.33. The van der Waals surface area contributed by atoms with Crippen LogP contribution in [0.5, 0.6) is 0 Å². The van der Waals surface area contributed by atoms with Crippen LogP contribution in [0.2, 0.25) is 0 Å². The SMILES string of the molecule is CC(C)CCOCCN1C(=O)C=CC1=O. The maximum Gasteiger partial charge on any atom is 0.253 e. The molecule has 0 aromatic carbocycles. The minimum Gasteiger partial charge on any atom is -0.380 e. The van der Waals surface area contributed by atoms with E-state index in [2.05, 4.69) is 13.8 Å². The van der Waals surface area contributed by atoms with Crippen molar-refractivity contribution in [2.24, 2.45) is 5.92 Å². The number of rotatable bonds is 6. The Morgan fingerprint density at radius 1 is 1.20 bits per heavy atom. The maximum absolute atomic E-state index is 11.1. The lowest BCUT2D eigenvalue weighted by molar-refractivity contribution is -0.137. The van der Waals surface area contributed by atoms with E-state index in [9.17, 15) is 9.59 Å². The van der Waals surface area contributed by atoms with Gasteiger partial charge < -0.3 is 4.74 Å². The molecule has 1 rings (SSSR count). The van der Waals surface area contributed by atoms with Crippen molar-refractivity contribution >= 4 is 11.8 Å². The van der Waals surface area contributed by atoms with Crippen molar-refractivity contribution in [2.45, 2.75) is 20.3 Å². The molecule has 0 spiro atoms. The van der Waals surface area contributed by atoms with Gasteiger partial charge in [-0.25, -0.2) is 0 Å². The van der Waals surface area contributed by atoms with Crippen LogP contribution in [-0.4, -0.2) is 36.5 Å². The van der Waals surface area contributed by atoms with Gasteiger partial charge >= 0.3 is 0 Å². The minimum atomic E-state index is -0.243. The Balaban J connectivity index is 2.10. The molecule has 0 aliphatic carbocycles. The number of nitrogens with zero attached hydrogens (tertiary/aromatic N) is 1. The molecule has 0 aromatic rings. The van der Waals surface area contributed by atoms with Crippen LogP contribution in [0.15, 0.2) is 12.2 Å². The van der Waals surface area contributed by atoms with Crippen LogP contribution in [0.25, 0.3) is 0 Å². The maximum atomic E-state index is 11.1. The van der Waals surface area contributed by atoms with Crippen LogP contribution < -0.4 is 0 Å². The Bertz CT molecular complexity index is 253. The Kier molecular flexibility index (Phi) is 4.49. The first-order chi connectivity index (χ1) is 7.11. The first-order valence-corrected chi connectivity index (χ1v) is 5.22. The molecule has 4 heteroatoms. The highest BCUT2D eigenvalue weighted by atomic mass is 16.5. The molecular weight excluding hydrogens is 194 g/mol. The molecule has 15 heavy (non-hydrogen) atoms. The third kappa shape index (κ3) is 3.83. The number of imide groups is 1. The number of amides is 2. The summed E-state index contributed by atoms with van der Waals surface area (Å²) in [5.74, 6) is 0.127. The summed E-state index contributed by atoms with van der Waals surface area (Å²) < 4.78 is 5.33. The van der Waals surface area contributed by atoms with Crippen molar-refractivity contribution in [1.29, 1.82) is 0 Å². The van der Waals surface area contributed by atoms with E-state index in [1.807, 2.05) is 0 Å². The number of carbonyl (C=O) groups is 2. The van der Waals surface area contributed by atoms with Crippen molar-refractivity contribution in [1.82, 2.24) is 4.90 Å². The Morgan fingerprint density at radius 3 is 2.33 bits per heavy atom. The van der Waals surface area contributed by atoms with E-state index in [1.165, 1.54) is 17.1 Å². The first-order valence-electron chi connectivity index (χ1n) is 5.22. The van der Waals surface area contributed by atoms with E-state index in [0.717, 1.165) is 6.42 Å². The average Bonchev–Trinajstić information content (AvgIpc) is 2.47. The van der Waals surface area contributed by atoms with Gasteiger partial charge in [0, 0.05) is 18.8 Å². The third-order valence-electron chi connectivity index (χ3n) is 2.20. The molecule has 0 atom stereocenters. The van der Waals surface area contributed by atoms with E-state index < -0.39 is 0 Å². The second-order valence-electron chi connectivity index (χ2n) is 3.96. The van der Waals surface area contributed by atoms with Gasteiger partial charge in [0.05, 0.1) is 13.2 Å². The normalized spacial score (nSPS) is 15.8. The monoisotopic (exact) mass is 211 g/mol. The van der Waals surface area contributed by atoms with Crippen LogP contribution in [0.4, 0.5) is 0 Å². The molecule has 0 saturated carbocycles. The van der Waals surface area contributed by atoms with Gasteiger partial charge in [-0.3, -0.25) is 14.5 Å². The molecule has 0 radical (unpaired) electrons. The summed E-state index contributed by atoms with van der Waals surface area (Å²) in [5.41, 5.74) is 0. The summed E-state index contributed by atoms with van der Waals surface area (Å²) in [4.78, 5) is 23.4. The van der Waals surface area contributed by atoms with Crippen molar-refractivity contribution in [2.75, 3.05) is 19.8 Å². The number of hydrogen-bond acceptors (Lipinski definition) is 3. The zero-order chi connectivity index (χ0) is 11.3. The molecule has 0 aromatic heterocycles. The van der Waals surface area contributed by atoms with Gasteiger partial charge in [0.1, 0.15) is 0 Å². The predicted molar refractivity (Wildman–Crippen MR) is 56.1 cm³/mol. The van der Waals surface area contributed by atoms with Gasteiger partial charge in [0.15, 0.2) is 0 Å². The van der Waals surface area contributed by atoms with E-state index in [0.29, 0.717) is 25.7 Å². The summed E-state index contributed by atoms with van der Waals surface area (Å²) in [6.07, 6.45) is 3.58. The van der Waals surface area contributed by atoms with Crippen molar-refractivity contribution in [3.63, 3.8) is 0 Å². The molecular formula is C11H17NO3. The van der Waals surface area contributed by atoms with Crippen molar-refractivity contribution in [3.05, 3.63) is 12.2 Å². The second kappa shape index (κ2) is 5.66. The highest BCUT2D eigenvalue weighted by molar-refractivity contribution is 6.12. The second-order valence-corrected chi connectivity index (χ2v) is 3.96. The highest BCUT2D eigenvalue weighted by Crippen LogP contribution is 2.03. The van der Waals surface area contributed by atoms with Crippen molar-refractivity contribution in [3.8, 4) is 0 Å². The molecule has 84 valence electrons. The summed E-state index contributed by atoms with van der Waals surface area (Å²) in [5, 5.41) is 0. The molecule has 0 unspecified atom stereocenters. The number of carbonyl (C=O) groups excluding carboxylic acids is 2. The van der Waals surface area contributed by atoms with E-state index in [-0.39, 0.29) is 11.8 Å². The zero-order valence-electron chi connectivity index (χ0n) is 9.23. The van der Waals surface area contributed by atoms with Crippen LogP contribution in [0.1, 0.15) is 20.3 Å². The summed E-state index contributed by atoms with van der Waals surface area (Å²) in [6, 6.07) is 0. The molecule has 0 bridgehead atoms. The first kappa shape index (κ1) is 11.9. The Morgan fingerprint density at radius 2 is 1.80 bits per heavy atom. The minimum absolute atomic E-state index is 0.243. The third-order valence-corrected chi connectivity index (χ3v) is 2.20. The molecule has 4 nitrogen and oxygen atoms in total. The number of ether oxygens (including phenoxy) is 1. The summed E-state index contributed by atoms with van der Waals surface area (Å²) >= 11 is 0. The topological polar surface area (TPSA) is 46.6 Å². The van der Waals surface area contributed by atoms with E-state index in [1.54, 1.807) is 0 Å². The lowest BCUT2D eigenvalue weighted by atomic mass is 10.1. The fraction of sp³-hybridized carbons (Fsp3) is 0.636. The van der Waals surface area contributed by atoms with Crippen LogP contribution in [0, 0.1) is 5.92 Å². The van der Waals surface area contributed by atoms with Gasteiger partial charge in [-0.15, -0.1) is 0 Å². The summed E-state index contributed by atoms with van der Waals surface area (Å²) in [6.45, 7) is 5.71. The Labute approximate surface area is 89.9 Å².